The van der Waals surface area contributed by atoms with Gasteiger partial charge in [-0.3, -0.25) is 4.79 Å². The van der Waals surface area contributed by atoms with Crippen LogP contribution in [0.15, 0.2) is 58.9 Å². The minimum atomic E-state index is -0.440. The average molecular weight is 492 g/mol. The number of carbonyl (C=O) groups excluding carboxylic acids is 1. The van der Waals surface area contributed by atoms with Crippen molar-refractivity contribution in [3.05, 3.63) is 70.4 Å². The average Bonchev–Trinajstić information content (AvgIpc) is 3.25. The van der Waals surface area contributed by atoms with Gasteiger partial charge in [0.2, 0.25) is 11.1 Å². The fourth-order valence-corrected chi connectivity index (χ4v) is 4.74. The highest BCUT2D eigenvalue weighted by Crippen LogP contribution is 2.38. The van der Waals surface area contributed by atoms with Gasteiger partial charge < -0.3 is 15.4 Å². The number of hydrogen-bond donors (Lipinski definition) is 2. The van der Waals surface area contributed by atoms with Gasteiger partial charge in [0.1, 0.15) is 11.8 Å². The molecule has 1 aliphatic heterocycles. The minimum Gasteiger partial charge on any atom is -0.494 e. The molecule has 2 N–H and O–H groups in total. The number of thioether (sulfide) groups is 1. The molecule has 1 atom stereocenters. The standard InChI is InChI=1S/C27H33N5O2S/c1-6-14-34-21-12-9-11-20(16-21)24-23(25(33)29-22-13-8-10-17(3)18(22)4)19(5)28-26-30-27(31-32(24)26)35-15-7-2/h8-13,16,24H,6-7,14-15H2,1-5H3,(H,29,33)(H,28,30,31). The summed E-state index contributed by atoms with van der Waals surface area (Å²) in [7, 11) is 0. The molecule has 0 spiro atoms. The second-order valence-corrected chi connectivity index (χ2v) is 9.76. The van der Waals surface area contributed by atoms with Gasteiger partial charge in [-0.05, 0) is 68.5 Å². The van der Waals surface area contributed by atoms with E-state index in [0.29, 0.717) is 23.3 Å². The Morgan fingerprint density at radius 1 is 1.14 bits per heavy atom. The largest absolute Gasteiger partial charge is 0.494 e. The van der Waals surface area contributed by atoms with Gasteiger partial charge in [-0.1, -0.05) is 49.9 Å². The maximum absolute atomic E-state index is 13.8. The van der Waals surface area contributed by atoms with Crippen LogP contribution in [0.25, 0.3) is 0 Å². The van der Waals surface area contributed by atoms with Gasteiger partial charge in [0.05, 0.1) is 12.2 Å². The maximum atomic E-state index is 13.8. The lowest BCUT2D eigenvalue weighted by atomic mass is 9.94. The Labute approximate surface area is 211 Å². The van der Waals surface area contributed by atoms with Gasteiger partial charge in [-0.25, -0.2) is 4.68 Å². The molecule has 35 heavy (non-hydrogen) atoms. The lowest BCUT2D eigenvalue weighted by Gasteiger charge is -2.29. The maximum Gasteiger partial charge on any atom is 0.255 e. The summed E-state index contributed by atoms with van der Waals surface area (Å²) < 4.78 is 7.72. The van der Waals surface area contributed by atoms with Crippen LogP contribution in [-0.2, 0) is 4.79 Å². The first kappa shape index (κ1) is 24.9. The van der Waals surface area contributed by atoms with Gasteiger partial charge in [0.15, 0.2) is 0 Å². The first-order chi connectivity index (χ1) is 16.9. The number of allylic oxidation sites excluding steroid dienone is 1. The smallest absolute Gasteiger partial charge is 0.255 e. The van der Waals surface area contributed by atoms with E-state index >= 15 is 0 Å². The number of nitrogens with one attached hydrogen (secondary N) is 2. The molecular weight excluding hydrogens is 458 g/mol. The number of aromatic nitrogens is 3. The number of rotatable bonds is 9. The number of ether oxygens (including phenoxy) is 1. The molecule has 184 valence electrons. The van der Waals surface area contributed by atoms with E-state index in [1.807, 2.05) is 67.9 Å². The van der Waals surface area contributed by atoms with Gasteiger partial charge in [0, 0.05) is 17.1 Å². The zero-order chi connectivity index (χ0) is 24.9. The van der Waals surface area contributed by atoms with Gasteiger partial charge in [-0.2, -0.15) is 4.98 Å². The van der Waals surface area contributed by atoms with Crippen LogP contribution in [-0.4, -0.2) is 33.0 Å². The molecule has 0 saturated heterocycles. The van der Waals surface area contributed by atoms with Crippen LogP contribution >= 0.6 is 11.8 Å². The number of amides is 1. The molecule has 1 unspecified atom stereocenters. The van der Waals surface area contributed by atoms with Crippen LogP contribution < -0.4 is 15.4 Å². The van der Waals surface area contributed by atoms with Crippen molar-refractivity contribution in [3.8, 4) is 5.75 Å². The molecule has 0 fully saturated rings. The number of carbonyl (C=O) groups is 1. The topological polar surface area (TPSA) is 81.1 Å². The van der Waals surface area contributed by atoms with Crippen LogP contribution in [0.2, 0.25) is 0 Å². The highest BCUT2D eigenvalue weighted by molar-refractivity contribution is 7.99. The number of nitrogens with zero attached hydrogens (tertiary/aromatic N) is 3. The van der Waals surface area contributed by atoms with Gasteiger partial charge in [0.25, 0.3) is 5.91 Å². The Balaban J connectivity index is 1.77. The Morgan fingerprint density at radius 3 is 2.71 bits per heavy atom. The lowest BCUT2D eigenvalue weighted by molar-refractivity contribution is -0.113. The van der Waals surface area contributed by atoms with Crippen molar-refractivity contribution in [3.63, 3.8) is 0 Å². The molecule has 2 aromatic carbocycles. The van der Waals surface area contributed by atoms with E-state index in [1.165, 1.54) is 0 Å². The van der Waals surface area contributed by atoms with Gasteiger partial charge >= 0.3 is 0 Å². The fraction of sp³-hybridized carbons (Fsp3) is 0.370. The molecule has 2 heterocycles. The predicted molar refractivity (Wildman–Crippen MR) is 142 cm³/mol. The monoisotopic (exact) mass is 491 g/mol. The highest BCUT2D eigenvalue weighted by Gasteiger charge is 2.34. The number of hydrogen-bond acceptors (Lipinski definition) is 6. The molecule has 4 rings (SSSR count). The summed E-state index contributed by atoms with van der Waals surface area (Å²) in [5.74, 6) is 2.17. The van der Waals surface area contributed by atoms with E-state index in [-0.39, 0.29) is 5.91 Å². The van der Waals surface area contributed by atoms with Crippen molar-refractivity contribution >= 4 is 29.3 Å². The number of fused-ring (bicyclic) bond motifs is 1. The summed E-state index contributed by atoms with van der Waals surface area (Å²) in [5.41, 5.74) is 5.26. The Bertz CT molecular complexity index is 1250. The summed E-state index contributed by atoms with van der Waals surface area (Å²) in [6, 6.07) is 13.4. The number of anilines is 2. The summed E-state index contributed by atoms with van der Waals surface area (Å²) in [4.78, 5) is 18.5. The molecule has 1 aliphatic rings. The van der Waals surface area contributed by atoms with Crippen LogP contribution in [0, 0.1) is 13.8 Å². The van der Waals surface area contributed by atoms with Crippen LogP contribution in [0.5, 0.6) is 5.75 Å². The molecule has 7 nitrogen and oxygen atoms in total. The number of benzene rings is 2. The molecule has 1 aromatic heterocycles. The second-order valence-electron chi connectivity index (χ2n) is 8.70. The Morgan fingerprint density at radius 2 is 1.94 bits per heavy atom. The molecule has 1 amide bonds. The Kier molecular flexibility index (Phi) is 7.80. The highest BCUT2D eigenvalue weighted by atomic mass is 32.2. The molecular formula is C27H33N5O2S. The van der Waals surface area contributed by atoms with Gasteiger partial charge in [-0.15, -0.1) is 5.10 Å². The number of aryl methyl sites for hydroxylation is 1. The van der Waals surface area contributed by atoms with E-state index < -0.39 is 6.04 Å². The lowest BCUT2D eigenvalue weighted by Crippen LogP contribution is -2.31. The first-order valence-electron chi connectivity index (χ1n) is 12.1. The van der Waals surface area contributed by atoms with Crippen molar-refractivity contribution in [2.45, 2.75) is 58.7 Å². The Hall–Kier alpha value is -3.26. The van der Waals surface area contributed by atoms with Crippen LogP contribution in [0.3, 0.4) is 0 Å². The quantitative estimate of drug-likeness (QED) is 0.351. The molecule has 0 bridgehead atoms. The van der Waals surface area contributed by atoms with E-state index in [2.05, 4.69) is 24.5 Å². The van der Waals surface area contributed by atoms with Crippen LogP contribution in [0.1, 0.15) is 56.3 Å². The van der Waals surface area contributed by atoms with Crippen molar-refractivity contribution in [2.24, 2.45) is 0 Å². The van der Waals surface area contributed by atoms with E-state index in [4.69, 9.17) is 14.8 Å². The molecule has 0 aliphatic carbocycles. The van der Waals surface area contributed by atoms with Crippen molar-refractivity contribution in [1.82, 2.24) is 14.8 Å². The van der Waals surface area contributed by atoms with E-state index in [1.54, 1.807) is 11.8 Å². The predicted octanol–water partition coefficient (Wildman–Crippen LogP) is 6.11. The molecule has 0 radical (unpaired) electrons. The molecule has 8 heteroatoms. The molecule has 0 saturated carbocycles. The van der Waals surface area contributed by atoms with E-state index in [9.17, 15) is 4.79 Å². The van der Waals surface area contributed by atoms with Crippen molar-refractivity contribution < 1.29 is 9.53 Å². The first-order valence-corrected chi connectivity index (χ1v) is 13.1. The third kappa shape index (κ3) is 5.37. The summed E-state index contributed by atoms with van der Waals surface area (Å²) in [6.07, 6.45) is 1.95. The summed E-state index contributed by atoms with van der Waals surface area (Å²) in [6.45, 7) is 10.8. The van der Waals surface area contributed by atoms with Crippen molar-refractivity contribution in [1.29, 1.82) is 0 Å². The second kappa shape index (κ2) is 11.0. The third-order valence-electron chi connectivity index (χ3n) is 6.01. The third-order valence-corrected chi connectivity index (χ3v) is 7.06. The minimum absolute atomic E-state index is 0.169. The summed E-state index contributed by atoms with van der Waals surface area (Å²) in [5, 5.41) is 11.9. The fourth-order valence-electron chi connectivity index (χ4n) is 4.06. The van der Waals surface area contributed by atoms with Crippen molar-refractivity contribution in [2.75, 3.05) is 23.0 Å². The molecule has 3 aromatic rings. The zero-order valence-corrected chi connectivity index (χ0v) is 21.8. The zero-order valence-electron chi connectivity index (χ0n) is 21.0. The normalized spacial score (nSPS) is 14.9. The summed E-state index contributed by atoms with van der Waals surface area (Å²) >= 11 is 1.62. The van der Waals surface area contributed by atoms with E-state index in [0.717, 1.165) is 52.4 Å². The van der Waals surface area contributed by atoms with Crippen LogP contribution in [0.4, 0.5) is 11.6 Å². The SMILES string of the molecule is CCCOc1cccc(C2C(C(=O)Nc3cccc(C)c3C)=C(C)Nc3nc(SCCC)nn32)c1.